The SMILES string of the molecule is N#Cc1cc(Br)ccc1O[C@H]1CCN(C(=O)CO)C[C@H]1F. The van der Waals surface area contributed by atoms with Gasteiger partial charge in [-0.2, -0.15) is 5.26 Å². The van der Waals surface area contributed by atoms with Crippen LogP contribution >= 0.6 is 15.9 Å². The van der Waals surface area contributed by atoms with Gasteiger partial charge in [-0.15, -0.1) is 0 Å². The van der Waals surface area contributed by atoms with Crippen molar-refractivity contribution in [3.8, 4) is 11.8 Å². The van der Waals surface area contributed by atoms with Crippen LogP contribution in [-0.4, -0.2) is 47.9 Å². The van der Waals surface area contributed by atoms with E-state index in [1.165, 1.54) is 4.90 Å². The smallest absolute Gasteiger partial charge is 0.248 e. The molecule has 21 heavy (non-hydrogen) atoms. The molecular formula is C14H14BrFN2O3. The first-order chi connectivity index (χ1) is 10.0. The number of halogens is 2. The number of aliphatic hydroxyl groups is 1. The maximum Gasteiger partial charge on any atom is 0.248 e. The van der Waals surface area contributed by atoms with Gasteiger partial charge in [0, 0.05) is 17.4 Å². The lowest BCUT2D eigenvalue weighted by Crippen LogP contribution is -2.50. The van der Waals surface area contributed by atoms with E-state index in [1.807, 2.05) is 6.07 Å². The predicted octanol–water partition coefficient (Wildman–Crippen LogP) is 1.63. The zero-order chi connectivity index (χ0) is 15.4. The van der Waals surface area contributed by atoms with E-state index in [0.29, 0.717) is 24.3 Å². The second-order valence-electron chi connectivity index (χ2n) is 4.71. The third kappa shape index (κ3) is 3.71. The number of nitrogens with zero attached hydrogens (tertiary/aromatic N) is 2. The fourth-order valence-corrected chi connectivity index (χ4v) is 2.56. The van der Waals surface area contributed by atoms with Crippen LogP contribution in [0.25, 0.3) is 0 Å². The number of amides is 1. The Morgan fingerprint density at radius 3 is 3.00 bits per heavy atom. The molecule has 0 aromatic heterocycles. The molecule has 1 amide bonds. The second kappa shape index (κ2) is 6.87. The van der Waals surface area contributed by atoms with Crippen LogP contribution in [0.1, 0.15) is 12.0 Å². The summed E-state index contributed by atoms with van der Waals surface area (Å²) >= 11 is 3.26. The van der Waals surface area contributed by atoms with Gasteiger partial charge in [0.1, 0.15) is 24.5 Å². The number of alkyl halides is 1. The first kappa shape index (κ1) is 15.7. The van der Waals surface area contributed by atoms with E-state index in [1.54, 1.807) is 18.2 Å². The molecule has 1 aliphatic rings. The highest BCUT2D eigenvalue weighted by Crippen LogP contribution is 2.26. The zero-order valence-corrected chi connectivity index (χ0v) is 12.7. The molecule has 1 saturated heterocycles. The lowest BCUT2D eigenvalue weighted by atomic mass is 10.1. The summed E-state index contributed by atoms with van der Waals surface area (Å²) in [7, 11) is 0. The Morgan fingerprint density at radius 1 is 1.62 bits per heavy atom. The Bertz CT molecular complexity index is 576. The predicted molar refractivity (Wildman–Crippen MR) is 76.5 cm³/mol. The summed E-state index contributed by atoms with van der Waals surface area (Å²) in [5.41, 5.74) is 0.324. The number of hydrogen-bond donors (Lipinski definition) is 1. The van der Waals surface area contributed by atoms with Gasteiger partial charge in [-0.25, -0.2) is 4.39 Å². The molecule has 0 saturated carbocycles. The molecule has 1 fully saturated rings. The van der Waals surface area contributed by atoms with Crippen molar-refractivity contribution in [1.82, 2.24) is 4.90 Å². The van der Waals surface area contributed by atoms with E-state index >= 15 is 0 Å². The fourth-order valence-electron chi connectivity index (χ4n) is 2.20. The Balaban J connectivity index is 2.05. The van der Waals surface area contributed by atoms with Crippen LogP contribution in [0.3, 0.4) is 0 Å². The van der Waals surface area contributed by atoms with Crippen molar-refractivity contribution in [1.29, 1.82) is 5.26 Å². The highest BCUT2D eigenvalue weighted by Gasteiger charge is 2.33. The normalized spacial score (nSPS) is 21.7. The minimum absolute atomic E-state index is 0.109. The molecule has 1 heterocycles. The second-order valence-corrected chi connectivity index (χ2v) is 5.63. The molecule has 0 bridgehead atoms. The molecule has 1 aliphatic heterocycles. The maximum atomic E-state index is 14.1. The number of carbonyl (C=O) groups is 1. The van der Waals surface area contributed by atoms with Crippen LogP contribution < -0.4 is 4.74 Å². The molecule has 1 N–H and O–H groups in total. The van der Waals surface area contributed by atoms with E-state index in [2.05, 4.69) is 15.9 Å². The van der Waals surface area contributed by atoms with Crippen LogP contribution in [-0.2, 0) is 4.79 Å². The van der Waals surface area contributed by atoms with Crippen molar-refractivity contribution in [3.63, 3.8) is 0 Å². The molecule has 1 aromatic carbocycles. The quantitative estimate of drug-likeness (QED) is 0.893. The van der Waals surface area contributed by atoms with E-state index < -0.39 is 24.8 Å². The highest BCUT2D eigenvalue weighted by molar-refractivity contribution is 9.10. The van der Waals surface area contributed by atoms with Crippen molar-refractivity contribution in [2.45, 2.75) is 18.7 Å². The molecule has 5 nitrogen and oxygen atoms in total. The summed E-state index contributed by atoms with van der Waals surface area (Å²) in [6, 6.07) is 6.93. The molecule has 0 spiro atoms. The van der Waals surface area contributed by atoms with Crippen molar-refractivity contribution >= 4 is 21.8 Å². The van der Waals surface area contributed by atoms with Gasteiger partial charge >= 0.3 is 0 Å². The summed E-state index contributed by atoms with van der Waals surface area (Å²) in [5.74, 6) is -0.159. The lowest BCUT2D eigenvalue weighted by molar-refractivity contribution is -0.138. The molecule has 2 atom stereocenters. The van der Waals surface area contributed by atoms with Gasteiger partial charge < -0.3 is 14.7 Å². The molecule has 0 radical (unpaired) electrons. The number of piperidine rings is 1. The Kier molecular flexibility index (Phi) is 5.15. The van der Waals surface area contributed by atoms with Crippen molar-refractivity contribution in [2.75, 3.05) is 19.7 Å². The summed E-state index contributed by atoms with van der Waals surface area (Å²) in [6.45, 7) is -0.408. The van der Waals surface area contributed by atoms with Gasteiger partial charge in [-0.05, 0) is 18.2 Å². The van der Waals surface area contributed by atoms with Gasteiger partial charge in [0.05, 0.1) is 12.1 Å². The number of hydrogen-bond acceptors (Lipinski definition) is 4. The molecule has 0 unspecified atom stereocenters. The standard InChI is InChI=1S/C14H14BrFN2O3/c15-10-1-2-12(9(5-10)6-17)21-13-3-4-18(7-11(13)16)14(20)8-19/h1-2,5,11,13,19H,3-4,7-8H2/t11-,13+/m1/s1. The molecule has 7 heteroatoms. The molecule has 112 valence electrons. The number of ether oxygens (including phenoxy) is 1. The van der Waals surface area contributed by atoms with Crippen LogP contribution in [0.15, 0.2) is 22.7 Å². The van der Waals surface area contributed by atoms with Crippen LogP contribution in [0.5, 0.6) is 5.75 Å². The first-order valence-corrected chi connectivity index (χ1v) is 7.23. The Morgan fingerprint density at radius 2 is 2.38 bits per heavy atom. The monoisotopic (exact) mass is 356 g/mol. The number of rotatable bonds is 3. The number of carbonyl (C=O) groups excluding carboxylic acids is 1. The molecular weight excluding hydrogens is 343 g/mol. The summed E-state index contributed by atoms with van der Waals surface area (Å²) < 4.78 is 20.4. The van der Waals surface area contributed by atoms with E-state index in [4.69, 9.17) is 15.1 Å². The third-order valence-corrected chi connectivity index (χ3v) is 3.80. The molecule has 1 aromatic rings. The number of likely N-dealkylation sites (tertiary alicyclic amines) is 1. The van der Waals surface area contributed by atoms with Gasteiger partial charge in [-0.3, -0.25) is 4.79 Å². The minimum Gasteiger partial charge on any atom is -0.486 e. The summed E-state index contributed by atoms with van der Waals surface area (Å²) in [6.07, 6.45) is -1.75. The average Bonchev–Trinajstić information content (AvgIpc) is 2.49. The average molecular weight is 357 g/mol. The first-order valence-electron chi connectivity index (χ1n) is 6.44. The maximum absolute atomic E-state index is 14.1. The number of benzene rings is 1. The van der Waals surface area contributed by atoms with E-state index in [9.17, 15) is 9.18 Å². The Hall–Kier alpha value is -1.65. The third-order valence-electron chi connectivity index (χ3n) is 3.31. The van der Waals surface area contributed by atoms with E-state index in [0.717, 1.165) is 4.47 Å². The molecule has 0 aliphatic carbocycles. The van der Waals surface area contributed by atoms with Crippen LogP contribution in [0.4, 0.5) is 4.39 Å². The zero-order valence-electron chi connectivity index (χ0n) is 11.1. The van der Waals surface area contributed by atoms with Gasteiger partial charge in [-0.1, -0.05) is 15.9 Å². The van der Waals surface area contributed by atoms with Gasteiger partial charge in [0.2, 0.25) is 5.91 Å². The lowest BCUT2D eigenvalue weighted by Gasteiger charge is -2.34. The summed E-state index contributed by atoms with van der Waals surface area (Å²) in [4.78, 5) is 12.6. The largest absolute Gasteiger partial charge is 0.486 e. The van der Waals surface area contributed by atoms with E-state index in [-0.39, 0.29) is 6.54 Å². The van der Waals surface area contributed by atoms with Crippen LogP contribution in [0.2, 0.25) is 0 Å². The topological polar surface area (TPSA) is 73.6 Å². The minimum atomic E-state index is -1.36. The summed E-state index contributed by atoms with van der Waals surface area (Å²) in [5, 5.41) is 17.8. The number of nitriles is 1. The number of aliphatic hydroxyl groups excluding tert-OH is 1. The van der Waals surface area contributed by atoms with Gasteiger partial charge in [0.25, 0.3) is 0 Å². The van der Waals surface area contributed by atoms with Crippen molar-refractivity contribution < 1.29 is 19.0 Å². The fraction of sp³-hybridized carbons (Fsp3) is 0.429. The van der Waals surface area contributed by atoms with Crippen molar-refractivity contribution in [3.05, 3.63) is 28.2 Å². The Labute approximate surface area is 130 Å². The van der Waals surface area contributed by atoms with Crippen LogP contribution in [0, 0.1) is 11.3 Å². The van der Waals surface area contributed by atoms with Crippen molar-refractivity contribution in [2.24, 2.45) is 0 Å². The highest BCUT2D eigenvalue weighted by atomic mass is 79.9. The van der Waals surface area contributed by atoms with Gasteiger partial charge in [0.15, 0.2) is 6.17 Å². The molecule has 2 rings (SSSR count).